The van der Waals surface area contributed by atoms with Crippen molar-refractivity contribution >= 4 is 5.91 Å². The van der Waals surface area contributed by atoms with Gasteiger partial charge in [-0.1, -0.05) is 42.5 Å². The van der Waals surface area contributed by atoms with Gasteiger partial charge in [-0.3, -0.25) is 4.79 Å². The topological polar surface area (TPSA) is 52.6 Å². The van der Waals surface area contributed by atoms with Crippen LogP contribution in [0, 0.1) is 6.92 Å². The van der Waals surface area contributed by atoms with Crippen molar-refractivity contribution in [3.05, 3.63) is 76.4 Å². The Labute approximate surface area is 167 Å². The van der Waals surface area contributed by atoms with E-state index in [2.05, 4.69) is 29.3 Å². The van der Waals surface area contributed by atoms with Gasteiger partial charge in [0.1, 0.15) is 5.75 Å². The summed E-state index contributed by atoms with van der Waals surface area (Å²) in [7, 11) is 4.06. The van der Waals surface area contributed by atoms with Crippen LogP contribution in [0.3, 0.4) is 0 Å². The van der Waals surface area contributed by atoms with Crippen molar-refractivity contribution in [2.45, 2.75) is 38.6 Å². The minimum absolute atomic E-state index is 0.0255. The first-order valence-corrected chi connectivity index (χ1v) is 9.75. The maximum absolute atomic E-state index is 12.9. The van der Waals surface area contributed by atoms with Crippen LogP contribution in [-0.4, -0.2) is 42.6 Å². The van der Waals surface area contributed by atoms with E-state index in [4.69, 9.17) is 0 Å². The number of nitrogens with zero attached hydrogens (tertiary/aromatic N) is 1. The third-order valence-corrected chi connectivity index (χ3v) is 6.10. The lowest BCUT2D eigenvalue weighted by molar-refractivity contribution is -0.117. The summed E-state index contributed by atoms with van der Waals surface area (Å²) in [4.78, 5) is 15.0. The van der Waals surface area contributed by atoms with Crippen LogP contribution in [0.25, 0.3) is 0 Å². The molecule has 4 heteroatoms. The molecule has 3 rings (SSSR count). The largest absolute Gasteiger partial charge is 0.508 e. The van der Waals surface area contributed by atoms with E-state index in [1.807, 2.05) is 58.3 Å². The van der Waals surface area contributed by atoms with Crippen molar-refractivity contribution in [1.82, 2.24) is 10.2 Å². The first-order chi connectivity index (χ1) is 13.2. The average molecular weight is 379 g/mol. The zero-order valence-electron chi connectivity index (χ0n) is 17.4. The number of carbonyl (C=O) groups excluding carboxylic acids is 1. The molecule has 0 saturated carbocycles. The number of phenolic OH excluding ortho intramolecular Hbond substituents is 1. The lowest BCUT2D eigenvalue weighted by atomic mass is 9.90. The number of aromatic hydroxyl groups is 1. The van der Waals surface area contributed by atoms with Gasteiger partial charge in [-0.25, -0.2) is 0 Å². The second kappa shape index (κ2) is 7.80. The lowest BCUT2D eigenvalue weighted by Gasteiger charge is -2.25. The number of phenols is 1. The van der Waals surface area contributed by atoms with E-state index in [0.29, 0.717) is 12.3 Å². The number of amides is 1. The van der Waals surface area contributed by atoms with Crippen molar-refractivity contribution in [2.75, 3.05) is 20.6 Å². The molecule has 0 saturated heterocycles. The molecule has 1 amide bonds. The van der Waals surface area contributed by atoms with E-state index in [1.165, 1.54) is 5.56 Å². The van der Waals surface area contributed by atoms with E-state index < -0.39 is 0 Å². The highest BCUT2D eigenvalue weighted by Gasteiger charge is 2.51. The van der Waals surface area contributed by atoms with Crippen LogP contribution in [-0.2, 0) is 16.6 Å². The van der Waals surface area contributed by atoms with Gasteiger partial charge in [0.2, 0.25) is 5.91 Å². The van der Waals surface area contributed by atoms with Crippen molar-refractivity contribution in [2.24, 2.45) is 0 Å². The summed E-state index contributed by atoms with van der Waals surface area (Å²) >= 11 is 0. The van der Waals surface area contributed by atoms with Gasteiger partial charge in [-0.2, -0.15) is 0 Å². The molecule has 0 unspecified atom stereocenters. The van der Waals surface area contributed by atoms with Crippen LogP contribution in [0.2, 0.25) is 0 Å². The number of aryl methyl sites for hydroxylation is 1. The summed E-state index contributed by atoms with van der Waals surface area (Å²) < 4.78 is 0. The standard InChI is InChI=1S/C24H30N2O2/c1-16-13-18(11-12-21(16)27)14-20(26(4)5)15-25-23(28)22-17(2)24(22,3)19-9-7-6-8-10-19/h6-13,20,27H,14-15H2,1-5H3,(H,25,28)/t20-,24+/m0/s1. The molecule has 0 aliphatic heterocycles. The average Bonchev–Trinajstić information content (AvgIpc) is 3.24. The number of nitrogens with one attached hydrogen (secondary N) is 1. The molecule has 0 spiro atoms. The van der Waals surface area contributed by atoms with Crippen molar-refractivity contribution in [1.29, 1.82) is 0 Å². The Morgan fingerprint density at radius 2 is 1.82 bits per heavy atom. The Bertz CT molecular complexity index is 902. The first kappa shape index (κ1) is 20.2. The van der Waals surface area contributed by atoms with Gasteiger partial charge in [-0.05, 0) is 69.6 Å². The Morgan fingerprint density at radius 1 is 1.14 bits per heavy atom. The number of allylic oxidation sites excluding steroid dienone is 1. The molecule has 0 heterocycles. The Balaban J connectivity index is 1.64. The van der Waals surface area contributed by atoms with E-state index >= 15 is 0 Å². The summed E-state index contributed by atoms with van der Waals surface area (Å²) in [6.45, 7) is 6.64. The smallest absolute Gasteiger partial charge is 0.248 e. The Kier molecular flexibility index (Phi) is 5.61. The van der Waals surface area contributed by atoms with Gasteiger partial charge in [0.25, 0.3) is 0 Å². The fourth-order valence-corrected chi connectivity index (χ4v) is 3.91. The van der Waals surface area contributed by atoms with Crippen molar-refractivity contribution in [3.63, 3.8) is 0 Å². The molecule has 2 atom stereocenters. The van der Waals surface area contributed by atoms with Crippen LogP contribution in [0.5, 0.6) is 5.75 Å². The highest BCUT2D eigenvalue weighted by molar-refractivity contribution is 6.04. The maximum Gasteiger partial charge on any atom is 0.248 e. The molecule has 1 aliphatic rings. The van der Waals surface area contributed by atoms with E-state index in [1.54, 1.807) is 6.07 Å². The molecule has 2 aromatic rings. The Morgan fingerprint density at radius 3 is 2.43 bits per heavy atom. The van der Waals surface area contributed by atoms with Gasteiger partial charge < -0.3 is 15.3 Å². The molecule has 1 aliphatic carbocycles. The predicted molar refractivity (Wildman–Crippen MR) is 114 cm³/mol. The minimum Gasteiger partial charge on any atom is -0.508 e. The van der Waals surface area contributed by atoms with E-state index in [0.717, 1.165) is 28.7 Å². The summed E-state index contributed by atoms with van der Waals surface area (Å²) in [5.74, 6) is 0.340. The molecule has 0 fully saturated rings. The summed E-state index contributed by atoms with van der Waals surface area (Å²) in [5.41, 5.74) is 4.98. The maximum atomic E-state index is 12.9. The van der Waals surface area contributed by atoms with Gasteiger partial charge in [0, 0.05) is 23.6 Å². The van der Waals surface area contributed by atoms with Gasteiger partial charge in [0.15, 0.2) is 0 Å². The normalized spacial score (nSPS) is 19.6. The molecular formula is C24H30N2O2. The van der Waals surface area contributed by atoms with Gasteiger partial charge in [-0.15, -0.1) is 0 Å². The number of rotatable bonds is 7. The second-order valence-electron chi connectivity index (χ2n) is 8.14. The fraction of sp³-hybridized carbons (Fsp3) is 0.375. The van der Waals surface area contributed by atoms with E-state index in [-0.39, 0.29) is 17.4 Å². The summed E-state index contributed by atoms with van der Waals surface area (Å²) in [5, 5.41) is 12.9. The molecule has 28 heavy (non-hydrogen) atoms. The highest BCUT2D eigenvalue weighted by Crippen LogP contribution is 2.53. The number of carbonyl (C=O) groups is 1. The van der Waals surface area contributed by atoms with Crippen molar-refractivity contribution < 1.29 is 9.90 Å². The molecule has 2 aromatic carbocycles. The van der Waals surface area contributed by atoms with E-state index in [9.17, 15) is 9.90 Å². The van der Waals surface area contributed by atoms with Gasteiger partial charge in [0.05, 0.1) is 0 Å². The second-order valence-corrected chi connectivity index (χ2v) is 8.14. The van der Waals surface area contributed by atoms with Crippen LogP contribution >= 0.6 is 0 Å². The lowest BCUT2D eigenvalue weighted by Crippen LogP contribution is -2.42. The SMILES string of the molecule is CC1=C(C(=O)NC[C@H](Cc2ccc(O)c(C)c2)N(C)C)[C@@]1(C)c1ccccc1. The Hall–Kier alpha value is -2.59. The first-order valence-electron chi connectivity index (χ1n) is 9.75. The number of hydrogen-bond acceptors (Lipinski definition) is 3. The summed E-state index contributed by atoms with van der Waals surface area (Å²) in [6.07, 6.45) is 0.808. The third kappa shape index (κ3) is 3.83. The number of hydrogen-bond donors (Lipinski definition) is 2. The number of benzene rings is 2. The molecule has 148 valence electrons. The molecule has 2 N–H and O–H groups in total. The van der Waals surface area contributed by atoms with Crippen LogP contribution in [0.1, 0.15) is 30.5 Å². The van der Waals surface area contributed by atoms with Crippen molar-refractivity contribution in [3.8, 4) is 5.75 Å². The number of likely N-dealkylation sites (N-methyl/N-ethyl adjacent to an activating group) is 1. The minimum atomic E-state index is -0.243. The van der Waals surface area contributed by atoms with Crippen LogP contribution in [0.4, 0.5) is 0 Å². The molecule has 0 bridgehead atoms. The zero-order chi connectivity index (χ0) is 20.5. The fourth-order valence-electron chi connectivity index (χ4n) is 3.91. The molecule has 0 radical (unpaired) electrons. The highest BCUT2D eigenvalue weighted by atomic mass is 16.3. The predicted octanol–water partition coefficient (Wildman–Crippen LogP) is 3.58. The molecular weight excluding hydrogens is 348 g/mol. The molecule has 4 nitrogen and oxygen atoms in total. The van der Waals surface area contributed by atoms with Crippen LogP contribution in [0.15, 0.2) is 59.7 Å². The summed E-state index contributed by atoms with van der Waals surface area (Å²) in [6, 6.07) is 16.1. The zero-order valence-corrected chi connectivity index (χ0v) is 17.4. The molecule has 0 aromatic heterocycles. The third-order valence-electron chi connectivity index (χ3n) is 6.10. The monoisotopic (exact) mass is 378 g/mol. The van der Waals surface area contributed by atoms with Gasteiger partial charge >= 0.3 is 0 Å². The van der Waals surface area contributed by atoms with Crippen LogP contribution < -0.4 is 5.32 Å². The quantitative estimate of drug-likeness (QED) is 0.774.